The van der Waals surface area contributed by atoms with Gasteiger partial charge in [-0.2, -0.15) is 0 Å². The Hall–Kier alpha value is -2.77. The second-order valence-corrected chi connectivity index (χ2v) is 14.7. The molecule has 3 aromatic rings. The number of carbonyl (C=O) groups excluding carboxylic acids is 1. The Morgan fingerprint density at radius 3 is 1.91 bits per heavy atom. The molecule has 182 valence electrons. The molecule has 2 aliphatic heterocycles. The average molecular weight is 489 g/mol. The van der Waals surface area contributed by atoms with Gasteiger partial charge in [-0.1, -0.05) is 112 Å². The SMILES string of the molecule is CC(C)(C)[Si](O[C@@H]1[C@H]2OC(=O)C[C@H]2O[C@@H]1[C@@H](O)c1ccccc1)(c1ccccc1)c1ccccc1. The number of esters is 1. The molecule has 5 nitrogen and oxygen atoms in total. The maximum absolute atomic E-state index is 12.2. The topological polar surface area (TPSA) is 65.0 Å². The van der Waals surface area contributed by atoms with Gasteiger partial charge in [-0.05, 0) is 21.0 Å². The smallest absolute Gasteiger partial charge is 0.309 e. The molecule has 1 N–H and O–H groups in total. The van der Waals surface area contributed by atoms with Gasteiger partial charge in [0, 0.05) is 0 Å². The minimum absolute atomic E-state index is 0.170. The van der Waals surface area contributed by atoms with Crippen molar-refractivity contribution in [1.82, 2.24) is 0 Å². The van der Waals surface area contributed by atoms with E-state index in [0.717, 1.165) is 15.9 Å². The molecule has 0 spiro atoms. The molecule has 0 saturated carbocycles. The van der Waals surface area contributed by atoms with Crippen molar-refractivity contribution in [1.29, 1.82) is 0 Å². The Kier molecular flexibility index (Phi) is 6.40. The van der Waals surface area contributed by atoms with E-state index in [-0.39, 0.29) is 17.4 Å². The minimum atomic E-state index is -2.97. The number of rotatable bonds is 6. The van der Waals surface area contributed by atoms with Gasteiger partial charge in [-0.25, -0.2) is 0 Å². The Morgan fingerprint density at radius 2 is 1.40 bits per heavy atom. The molecule has 2 heterocycles. The maximum atomic E-state index is 12.2. The molecule has 6 heteroatoms. The fourth-order valence-electron chi connectivity index (χ4n) is 5.55. The molecule has 2 fully saturated rings. The summed E-state index contributed by atoms with van der Waals surface area (Å²) in [6.07, 6.45) is -3.02. The van der Waals surface area contributed by atoms with Gasteiger partial charge in [-0.3, -0.25) is 4.79 Å². The van der Waals surface area contributed by atoms with E-state index in [1.807, 2.05) is 66.7 Å². The van der Waals surface area contributed by atoms with Crippen molar-refractivity contribution in [2.24, 2.45) is 0 Å². The number of hydrogen-bond acceptors (Lipinski definition) is 5. The zero-order valence-electron chi connectivity index (χ0n) is 20.3. The van der Waals surface area contributed by atoms with Crippen LogP contribution in [0.4, 0.5) is 0 Å². The summed E-state index contributed by atoms with van der Waals surface area (Å²) in [7, 11) is -2.97. The second kappa shape index (κ2) is 9.35. The zero-order valence-corrected chi connectivity index (χ0v) is 21.3. The van der Waals surface area contributed by atoms with Crippen LogP contribution >= 0.6 is 0 Å². The van der Waals surface area contributed by atoms with Crippen LogP contribution in [0, 0.1) is 0 Å². The van der Waals surface area contributed by atoms with Crippen molar-refractivity contribution in [3.63, 3.8) is 0 Å². The molecule has 2 aliphatic rings. The second-order valence-electron chi connectivity index (χ2n) is 10.4. The van der Waals surface area contributed by atoms with Crippen molar-refractivity contribution in [2.45, 2.75) is 62.8 Å². The van der Waals surface area contributed by atoms with E-state index < -0.39 is 38.8 Å². The monoisotopic (exact) mass is 488 g/mol. The third-order valence-electron chi connectivity index (χ3n) is 7.16. The summed E-state index contributed by atoms with van der Waals surface area (Å²) in [6, 6.07) is 30.1. The fraction of sp³-hybridized carbons (Fsp3) is 0.345. The molecular formula is C29H32O5Si. The lowest BCUT2D eigenvalue weighted by Gasteiger charge is -2.46. The summed E-state index contributed by atoms with van der Waals surface area (Å²) in [5, 5.41) is 13.4. The average Bonchev–Trinajstić information content (AvgIpc) is 3.39. The van der Waals surface area contributed by atoms with E-state index in [1.54, 1.807) is 0 Å². The highest BCUT2D eigenvalue weighted by Gasteiger charge is 2.60. The maximum Gasteiger partial charge on any atom is 0.309 e. The van der Waals surface area contributed by atoms with Gasteiger partial charge in [0.05, 0.1) is 6.42 Å². The van der Waals surface area contributed by atoms with E-state index in [0.29, 0.717) is 0 Å². The Labute approximate surface area is 207 Å². The highest BCUT2D eigenvalue weighted by molar-refractivity contribution is 6.99. The minimum Gasteiger partial charge on any atom is -0.457 e. The number of fused-ring (bicyclic) bond motifs is 1. The highest BCUT2D eigenvalue weighted by Crippen LogP contribution is 2.44. The van der Waals surface area contributed by atoms with Crippen molar-refractivity contribution < 1.29 is 23.8 Å². The largest absolute Gasteiger partial charge is 0.457 e. The normalized spacial score (nSPS) is 25.2. The molecule has 0 aromatic heterocycles. The summed E-state index contributed by atoms with van der Waals surface area (Å²) in [5.41, 5.74) is 0.750. The van der Waals surface area contributed by atoms with E-state index in [1.165, 1.54) is 0 Å². The first kappa shape index (κ1) is 23.9. The third kappa shape index (κ3) is 4.25. The standard InChI is InChI=1S/C29H32O5Si/c1-29(2,3)35(21-15-9-5-10-16-21,22-17-11-6-12-18-22)34-28-26-23(19-24(30)33-26)32-27(28)25(31)20-13-7-4-8-14-20/h4-18,23,25-28,31H,19H2,1-3H3/t23-,25+,26+,27-,28-/m1/s1. The molecule has 3 aromatic carbocycles. The first-order valence-electron chi connectivity index (χ1n) is 12.2. The van der Waals surface area contributed by atoms with Gasteiger partial charge in [0.1, 0.15) is 24.4 Å². The van der Waals surface area contributed by atoms with E-state index in [9.17, 15) is 9.90 Å². The molecule has 0 aliphatic carbocycles. The van der Waals surface area contributed by atoms with Crippen molar-refractivity contribution >= 4 is 24.7 Å². The number of aliphatic hydroxyl groups is 1. The summed E-state index contributed by atoms with van der Waals surface area (Å²) < 4.78 is 19.4. The van der Waals surface area contributed by atoms with Crippen LogP contribution in [0.5, 0.6) is 0 Å². The summed E-state index contributed by atoms with van der Waals surface area (Å²) >= 11 is 0. The van der Waals surface area contributed by atoms with Gasteiger partial charge in [0.15, 0.2) is 6.10 Å². The van der Waals surface area contributed by atoms with E-state index in [4.69, 9.17) is 13.9 Å². The van der Waals surface area contributed by atoms with E-state index in [2.05, 4.69) is 45.0 Å². The zero-order chi connectivity index (χ0) is 24.6. The fourth-order valence-corrected chi connectivity index (χ4v) is 10.2. The van der Waals surface area contributed by atoms with Crippen LogP contribution in [0.1, 0.15) is 38.9 Å². The van der Waals surface area contributed by atoms with E-state index >= 15 is 0 Å². The van der Waals surface area contributed by atoms with Crippen molar-refractivity contribution in [3.05, 3.63) is 96.6 Å². The lowest BCUT2D eigenvalue weighted by molar-refractivity contribution is -0.146. The van der Waals surface area contributed by atoms with Gasteiger partial charge in [-0.15, -0.1) is 0 Å². The van der Waals surface area contributed by atoms with Crippen LogP contribution < -0.4 is 10.4 Å². The first-order chi connectivity index (χ1) is 16.8. The predicted molar refractivity (Wildman–Crippen MR) is 137 cm³/mol. The third-order valence-corrected chi connectivity index (χ3v) is 12.2. The molecule has 35 heavy (non-hydrogen) atoms. The number of carbonyl (C=O) groups is 1. The molecule has 2 saturated heterocycles. The predicted octanol–water partition coefficient (Wildman–Crippen LogP) is 3.75. The van der Waals surface area contributed by atoms with Crippen LogP contribution in [-0.4, -0.2) is 43.8 Å². The van der Waals surface area contributed by atoms with Gasteiger partial charge < -0.3 is 19.0 Å². The quantitative estimate of drug-likeness (QED) is 0.423. The molecule has 5 rings (SSSR count). The molecule has 0 bridgehead atoms. The molecular weight excluding hydrogens is 456 g/mol. The van der Waals surface area contributed by atoms with Gasteiger partial charge in [0.2, 0.25) is 0 Å². The number of benzene rings is 3. The molecule has 0 unspecified atom stereocenters. The van der Waals surface area contributed by atoms with Gasteiger partial charge >= 0.3 is 5.97 Å². The van der Waals surface area contributed by atoms with Crippen LogP contribution in [0.25, 0.3) is 0 Å². The van der Waals surface area contributed by atoms with Crippen molar-refractivity contribution in [2.75, 3.05) is 0 Å². The molecule has 0 amide bonds. The first-order valence-corrected chi connectivity index (χ1v) is 14.1. The van der Waals surface area contributed by atoms with Crippen LogP contribution in [0.3, 0.4) is 0 Å². The van der Waals surface area contributed by atoms with Crippen LogP contribution in [-0.2, 0) is 18.7 Å². The molecule has 5 atom stereocenters. The summed E-state index contributed by atoms with van der Waals surface area (Å²) in [5.74, 6) is -0.288. The summed E-state index contributed by atoms with van der Waals surface area (Å²) in [6.45, 7) is 6.61. The summed E-state index contributed by atoms with van der Waals surface area (Å²) in [4.78, 5) is 12.2. The number of hydrogen-bond donors (Lipinski definition) is 1. The Bertz CT molecular complexity index is 1110. The Balaban J connectivity index is 1.64. The lowest BCUT2D eigenvalue weighted by atomic mass is 9.99. The number of ether oxygens (including phenoxy) is 2. The molecule has 0 radical (unpaired) electrons. The highest BCUT2D eigenvalue weighted by atomic mass is 28.4. The van der Waals surface area contributed by atoms with Crippen LogP contribution in [0.15, 0.2) is 91.0 Å². The van der Waals surface area contributed by atoms with Crippen LogP contribution in [0.2, 0.25) is 5.04 Å². The van der Waals surface area contributed by atoms with Gasteiger partial charge in [0.25, 0.3) is 8.32 Å². The Morgan fingerprint density at radius 1 is 0.886 bits per heavy atom. The van der Waals surface area contributed by atoms with Crippen molar-refractivity contribution in [3.8, 4) is 0 Å². The lowest BCUT2D eigenvalue weighted by Crippen LogP contribution is -2.69. The number of aliphatic hydroxyl groups excluding tert-OH is 1.